The summed E-state index contributed by atoms with van der Waals surface area (Å²) < 4.78 is 11.4. The van der Waals surface area contributed by atoms with Crippen LogP contribution in [0.4, 0.5) is 0 Å². The monoisotopic (exact) mass is 335 g/mol. The maximum Gasteiger partial charge on any atom is 0.0738 e. The summed E-state index contributed by atoms with van der Waals surface area (Å²) in [6.07, 6.45) is 12.4. The van der Waals surface area contributed by atoms with Crippen LogP contribution in [0.2, 0.25) is 0 Å². The van der Waals surface area contributed by atoms with Crippen LogP contribution in [0.1, 0.15) is 51.9 Å². The van der Waals surface area contributed by atoms with Crippen LogP contribution in [0.25, 0.3) is 0 Å². The average Bonchev–Trinajstić information content (AvgIpc) is 2.65. The Morgan fingerprint density at radius 1 is 0.875 bits per heavy atom. The van der Waals surface area contributed by atoms with E-state index in [1.807, 2.05) is 26.6 Å². The summed E-state index contributed by atoms with van der Waals surface area (Å²) in [5.41, 5.74) is 0. The summed E-state index contributed by atoms with van der Waals surface area (Å²) in [5, 5.41) is 0. The molecule has 2 saturated carbocycles. The maximum atomic E-state index is 5.71. The fourth-order valence-electron chi connectivity index (χ4n) is 4.81. The van der Waals surface area contributed by atoms with Gasteiger partial charge in [0.25, 0.3) is 0 Å². The van der Waals surface area contributed by atoms with Gasteiger partial charge in [0.05, 0.1) is 24.3 Å². The third-order valence-corrected chi connectivity index (χ3v) is 6.06. The Morgan fingerprint density at radius 3 is 2.17 bits per heavy atom. The van der Waals surface area contributed by atoms with Gasteiger partial charge in [0.15, 0.2) is 0 Å². The highest BCUT2D eigenvalue weighted by Crippen LogP contribution is 2.34. The lowest BCUT2D eigenvalue weighted by Gasteiger charge is -2.46. The molecule has 2 aliphatic carbocycles. The van der Waals surface area contributed by atoms with Crippen molar-refractivity contribution in [2.45, 2.75) is 88.2 Å². The topological polar surface area (TPSA) is 46.4 Å². The summed E-state index contributed by atoms with van der Waals surface area (Å²) in [6, 6.07) is 1.98. The molecule has 5 atom stereocenters. The summed E-state index contributed by atoms with van der Waals surface area (Å²) >= 11 is 0. The molecule has 0 aromatic heterocycles. The molecule has 0 saturated heterocycles. The second-order valence-corrected chi connectivity index (χ2v) is 7.51. The van der Waals surface area contributed by atoms with Gasteiger partial charge in [-0.3, -0.25) is 14.9 Å². The molecule has 0 spiro atoms. The Kier molecular flexibility index (Phi) is 6.42. The number of nitrogens with zero attached hydrogens (tertiary/aromatic N) is 3. The molecule has 5 unspecified atom stereocenters. The molecular weight excluding hydrogens is 302 g/mol. The number of fused-ring (bicyclic) bond motifs is 1. The van der Waals surface area contributed by atoms with Crippen LogP contribution >= 0.6 is 0 Å². The van der Waals surface area contributed by atoms with E-state index in [2.05, 4.69) is 16.8 Å². The molecule has 1 heterocycles. The summed E-state index contributed by atoms with van der Waals surface area (Å²) in [6.45, 7) is 3.44. The zero-order valence-corrected chi connectivity index (χ0v) is 15.4. The van der Waals surface area contributed by atoms with Crippen molar-refractivity contribution in [1.29, 1.82) is 0 Å². The second kappa shape index (κ2) is 8.54. The molecular formula is C19H33N3O2. The first-order chi connectivity index (χ1) is 11.7. The van der Waals surface area contributed by atoms with Crippen LogP contribution in [0.5, 0.6) is 0 Å². The third kappa shape index (κ3) is 4.06. The van der Waals surface area contributed by atoms with E-state index < -0.39 is 0 Å². The van der Waals surface area contributed by atoms with E-state index in [1.165, 1.54) is 12.8 Å². The predicted octanol–water partition coefficient (Wildman–Crippen LogP) is 2.73. The number of hydrogen-bond acceptors (Lipinski definition) is 5. The van der Waals surface area contributed by atoms with Gasteiger partial charge in [0.1, 0.15) is 0 Å². The van der Waals surface area contributed by atoms with Crippen molar-refractivity contribution in [3.63, 3.8) is 0 Å². The molecule has 0 bridgehead atoms. The molecule has 0 amide bonds. The zero-order chi connectivity index (χ0) is 16.9. The van der Waals surface area contributed by atoms with E-state index in [4.69, 9.17) is 14.5 Å². The van der Waals surface area contributed by atoms with Crippen LogP contribution in [-0.2, 0) is 9.47 Å². The highest BCUT2D eigenvalue weighted by Gasteiger charge is 2.39. The first kappa shape index (κ1) is 18.0. The van der Waals surface area contributed by atoms with Crippen molar-refractivity contribution in [2.75, 3.05) is 20.8 Å². The van der Waals surface area contributed by atoms with Crippen molar-refractivity contribution in [3.8, 4) is 0 Å². The SMILES string of the molecule is CCCN(C1CC(OC)CC(OC)C1)C1CCC2N=CC=NC2C1. The van der Waals surface area contributed by atoms with E-state index in [-0.39, 0.29) is 0 Å². The van der Waals surface area contributed by atoms with Crippen molar-refractivity contribution >= 4 is 12.4 Å². The summed E-state index contributed by atoms with van der Waals surface area (Å²) in [7, 11) is 3.67. The molecule has 1 aliphatic heterocycles. The molecule has 3 rings (SSSR count). The van der Waals surface area contributed by atoms with E-state index in [0.717, 1.165) is 38.6 Å². The number of methoxy groups -OCH3 is 2. The van der Waals surface area contributed by atoms with Gasteiger partial charge in [-0.25, -0.2) is 0 Å². The van der Waals surface area contributed by atoms with Gasteiger partial charge in [-0.2, -0.15) is 0 Å². The number of ether oxygens (including phenoxy) is 2. The molecule has 5 nitrogen and oxygen atoms in total. The standard InChI is InChI=1S/C19H33N3O2/c1-4-9-22(15-10-16(23-2)13-17(11-15)24-3)14-5-6-18-19(12-14)21-8-7-20-18/h7-8,14-19H,4-6,9-13H2,1-3H3. The summed E-state index contributed by atoms with van der Waals surface area (Å²) in [4.78, 5) is 12.1. The van der Waals surface area contributed by atoms with Gasteiger partial charge in [-0.05, 0) is 51.5 Å². The first-order valence-corrected chi connectivity index (χ1v) is 9.61. The van der Waals surface area contributed by atoms with E-state index in [9.17, 15) is 0 Å². The fraction of sp³-hybridized carbons (Fsp3) is 0.895. The quantitative estimate of drug-likeness (QED) is 0.750. The van der Waals surface area contributed by atoms with Crippen molar-refractivity contribution in [1.82, 2.24) is 4.90 Å². The molecule has 0 N–H and O–H groups in total. The summed E-state index contributed by atoms with van der Waals surface area (Å²) in [5.74, 6) is 0. The van der Waals surface area contributed by atoms with Gasteiger partial charge in [-0.15, -0.1) is 0 Å². The Labute approximate surface area is 146 Å². The minimum atomic E-state index is 0.321. The molecule has 5 heteroatoms. The molecule has 0 aromatic carbocycles. The molecule has 3 aliphatic rings. The highest BCUT2D eigenvalue weighted by atomic mass is 16.5. The Balaban J connectivity index is 1.69. The van der Waals surface area contributed by atoms with Gasteiger partial charge >= 0.3 is 0 Å². The number of aliphatic imine (C=N–C) groups is 2. The smallest absolute Gasteiger partial charge is 0.0738 e. The Bertz CT molecular complexity index is 442. The maximum absolute atomic E-state index is 5.71. The van der Waals surface area contributed by atoms with E-state index in [0.29, 0.717) is 36.4 Å². The highest BCUT2D eigenvalue weighted by molar-refractivity contribution is 6.16. The average molecular weight is 335 g/mol. The normalized spacial score (nSPS) is 39.2. The lowest BCUT2D eigenvalue weighted by molar-refractivity contribution is -0.0549. The second-order valence-electron chi connectivity index (χ2n) is 7.51. The fourth-order valence-corrected chi connectivity index (χ4v) is 4.81. The predicted molar refractivity (Wildman–Crippen MR) is 98.4 cm³/mol. The Hall–Kier alpha value is -0.780. The van der Waals surface area contributed by atoms with Crippen LogP contribution in [0.3, 0.4) is 0 Å². The van der Waals surface area contributed by atoms with Gasteiger partial charge in [0, 0.05) is 38.7 Å². The molecule has 2 fully saturated rings. The number of rotatable bonds is 6. The molecule has 0 aromatic rings. The minimum absolute atomic E-state index is 0.321. The largest absolute Gasteiger partial charge is 0.381 e. The van der Waals surface area contributed by atoms with Crippen molar-refractivity contribution in [2.24, 2.45) is 9.98 Å². The minimum Gasteiger partial charge on any atom is -0.381 e. The van der Waals surface area contributed by atoms with Crippen LogP contribution in [-0.4, -0.2) is 74.5 Å². The van der Waals surface area contributed by atoms with Gasteiger partial charge < -0.3 is 9.47 Å². The van der Waals surface area contributed by atoms with E-state index in [1.54, 1.807) is 0 Å². The van der Waals surface area contributed by atoms with E-state index >= 15 is 0 Å². The van der Waals surface area contributed by atoms with Crippen LogP contribution in [0, 0.1) is 0 Å². The van der Waals surface area contributed by atoms with Crippen LogP contribution in [0.15, 0.2) is 9.98 Å². The lowest BCUT2D eigenvalue weighted by Crippen LogP contribution is -2.53. The molecule has 0 radical (unpaired) electrons. The van der Waals surface area contributed by atoms with Crippen LogP contribution < -0.4 is 0 Å². The van der Waals surface area contributed by atoms with Gasteiger partial charge in [-0.1, -0.05) is 6.92 Å². The number of hydrogen-bond donors (Lipinski definition) is 0. The molecule has 24 heavy (non-hydrogen) atoms. The third-order valence-electron chi connectivity index (χ3n) is 6.06. The lowest BCUT2D eigenvalue weighted by atomic mass is 9.82. The first-order valence-electron chi connectivity index (χ1n) is 9.61. The molecule has 136 valence electrons. The van der Waals surface area contributed by atoms with Crippen molar-refractivity contribution < 1.29 is 9.47 Å². The van der Waals surface area contributed by atoms with Crippen molar-refractivity contribution in [3.05, 3.63) is 0 Å². The van der Waals surface area contributed by atoms with Gasteiger partial charge in [0.2, 0.25) is 0 Å². The zero-order valence-electron chi connectivity index (χ0n) is 15.4. The Morgan fingerprint density at radius 2 is 1.54 bits per heavy atom.